The van der Waals surface area contributed by atoms with Crippen LogP contribution in [0.5, 0.6) is 0 Å². The normalized spacial score (nSPS) is 40.9. The van der Waals surface area contributed by atoms with Crippen molar-refractivity contribution in [2.75, 3.05) is 6.54 Å². The second-order valence-corrected chi connectivity index (χ2v) is 19.9. The maximum atomic E-state index is 15.4. The van der Waals surface area contributed by atoms with Gasteiger partial charge in [-0.25, -0.2) is 4.98 Å². The lowest BCUT2D eigenvalue weighted by atomic mass is 9.32. The number of benzene rings is 1. The minimum absolute atomic E-state index is 0.0232. The van der Waals surface area contributed by atoms with Gasteiger partial charge in [0.2, 0.25) is 5.91 Å². The van der Waals surface area contributed by atoms with E-state index in [2.05, 4.69) is 58.0 Å². The Kier molecular flexibility index (Phi) is 8.85. The number of H-pyrrole nitrogens is 1. The fourth-order valence-electron chi connectivity index (χ4n) is 14.9. The van der Waals surface area contributed by atoms with Gasteiger partial charge in [-0.05, 0) is 142 Å². The second-order valence-electron chi connectivity index (χ2n) is 19.9. The molecule has 0 radical (unpaired) electrons. The summed E-state index contributed by atoms with van der Waals surface area (Å²) < 4.78 is 5.98. The number of nitrogens with zero attached hydrogens (tertiary/aromatic N) is 3. The van der Waals surface area contributed by atoms with Crippen LogP contribution in [0.1, 0.15) is 137 Å². The first-order chi connectivity index (χ1) is 25.5. The van der Waals surface area contributed by atoms with Gasteiger partial charge in [0.15, 0.2) is 0 Å². The number of hydrogen-bond acceptors (Lipinski definition) is 6. The minimum Gasteiger partial charge on any atom is -0.462 e. The molecule has 2 heterocycles. The fraction of sp³-hybridized carbons (Fsp3) is 0.711. The van der Waals surface area contributed by atoms with Crippen molar-refractivity contribution in [1.82, 2.24) is 14.9 Å². The number of hydrogen-bond donors (Lipinski definition) is 1. The number of nitro benzene ring substituents is 1. The second kappa shape index (κ2) is 12.8. The molecule has 8 rings (SSSR count). The molecule has 9 heteroatoms. The summed E-state index contributed by atoms with van der Waals surface area (Å²) in [5.74, 6) is 3.19. The summed E-state index contributed by atoms with van der Waals surface area (Å²) in [5, 5.41) is 11.2. The number of aromatic nitrogens is 2. The summed E-state index contributed by atoms with van der Waals surface area (Å²) >= 11 is 0. The van der Waals surface area contributed by atoms with E-state index in [1.165, 1.54) is 30.5 Å². The highest BCUT2D eigenvalue weighted by Gasteiger charge is 2.72. The van der Waals surface area contributed by atoms with Gasteiger partial charge in [0.25, 0.3) is 5.69 Å². The zero-order valence-corrected chi connectivity index (χ0v) is 33.7. The third kappa shape index (κ3) is 5.24. The van der Waals surface area contributed by atoms with E-state index < -0.39 is 5.41 Å². The van der Waals surface area contributed by atoms with Crippen LogP contribution in [-0.2, 0) is 14.3 Å². The Hall–Kier alpha value is -3.49. The molecule has 1 N–H and O–H groups in total. The van der Waals surface area contributed by atoms with Crippen molar-refractivity contribution >= 4 is 17.6 Å². The van der Waals surface area contributed by atoms with E-state index in [0.717, 1.165) is 87.8 Å². The number of allylic oxidation sites excluding steroid dienone is 1. The van der Waals surface area contributed by atoms with Crippen molar-refractivity contribution in [2.24, 2.45) is 56.7 Å². The molecule has 11 atom stereocenters. The number of carbonyl (C=O) groups is 2. The molecule has 54 heavy (non-hydrogen) atoms. The number of rotatable bonds is 6. The number of aromatic amines is 1. The molecular formula is C45H62N4O5. The molecule has 0 spiro atoms. The van der Waals surface area contributed by atoms with Gasteiger partial charge in [0, 0.05) is 36.6 Å². The highest BCUT2D eigenvalue weighted by atomic mass is 16.6. The molecule has 6 aliphatic rings. The Bertz CT molecular complexity index is 1850. The average molecular weight is 739 g/mol. The molecule has 5 saturated carbocycles. The number of non-ortho nitro benzene ring substituents is 1. The molecule has 2 aromatic rings. The largest absolute Gasteiger partial charge is 0.462 e. The molecule has 1 aliphatic heterocycles. The number of fused-ring (bicyclic) bond motifs is 7. The van der Waals surface area contributed by atoms with E-state index in [0.29, 0.717) is 29.6 Å². The van der Waals surface area contributed by atoms with E-state index in [1.807, 2.05) is 0 Å². The zero-order chi connectivity index (χ0) is 38.6. The quantitative estimate of drug-likeness (QED) is 0.136. The summed E-state index contributed by atoms with van der Waals surface area (Å²) in [6, 6.07) is 6.44. The van der Waals surface area contributed by atoms with E-state index >= 15 is 4.79 Å². The Labute approximate surface area is 321 Å². The van der Waals surface area contributed by atoms with Gasteiger partial charge >= 0.3 is 5.97 Å². The van der Waals surface area contributed by atoms with E-state index in [4.69, 9.17) is 9.72 Å². The van der Waals surface area contributed by atoms with Gasteiger partial charge < -0.3 is 14.6 Å². The minimum atomic E-state index is -0.390. The molecule has 1 saturated heterocycles. The molecule has 1 aromatic heterocycles. The molecule has 0 bridgehead atoms. The molecule has 1 unspecified atom stereocenters. The van der Waals surface area contributed by atoms with Crippen LogP contribution in [0.4, 0.5) is 5.69 Å². The predicted octanol–water partition coefficient (Wildman–Crippen LogP) is 10.2. The van der Waals surface area contributed by atoms with Gasteiger partial charge in [0.05, 0.1) is 28.3 Å². The van der Waals surface area contributed by atoms with Crippen LogP contribution in [0.25, 0.3) is 11.3 Å². The number of imidazole rings is 1. The zero-order valence-electron chi connectivity index (χ0n) is 33.7. The van der Waals surface area contributed by atoms with Crippen molar-refractivity contribution in [2.45, 2.75) is 138 Å². The van der Waals surface area contributed by atoms with Gasteiger partial charge in [-0.1, -0.05) is 46.8 Å². The van der Waals surface area contributed by atoms with Crippen molar-refractivity contribution in [3.8, 4) is 11.3 Å². The Morgan fingerprint density at radius 1 is 0.907 bits per heavy atom. The number of likely N-dealkylation sites (tertiary alicyclic amines) is 1. The lowest BCUT2D eigenvalue weighted by molar-refractivity contribution is -0.384. The number of nitrogens with one attached hydrogen (secondary N) is 1. The lowest BCUT2D eigenvalue weighted by Gasteiger charge is -2.73. The molecule has 9 nitrogen and oxygen atoms in total. The van der Waals surface area contributed by atoms with Crippen LogP contribution in [0.3, 0.4) is 0 Å². The van der Waals surface area contributed by atoms with Crippen LogP contribution in [0, 0.1) is 66.8 Å². The number of ether oxygens (including phenoxy) is 1. The van der Waals surface area contributed by atoms with E-state index in [9.17, 15) is 14.9 Å². The predicted molar refractivity (Wildman–Crippen MR) is 209 cm³/mol. The molecule has 1 amide bonds. The summed E-state index contributed by atoms with van der Waals surface area (Å²) in [6.07, 6.45) is 14.3. The van der Waals surface area contributed by atoms with E-state index in [1.54, 1.807) is 25.3 Å². The van der Waals surface area contributed by atoms with Crippen LogP contribution in [0.2, 0.25) is 0 Å². The summed E-state index contributed by atoms with van der Waals surface area (Å²) in [4.78, 5) is 48.9. The highest BCUT2D eigenvalue weighted by Crippen LogP contribution is 2.78. The van der Waals surface area contributed by atoms with Crippen molar-refractivity contribution in [3.63, 3.8) is 0 Å². The first-order valence-electron chi connectivity index (χ1n) is 20.9. The number of esters is 1. The standard InChI is InChI=1S/C45H62N4O5/c1-27(2)31-17-22-45(40(51)48-25-9-10-34(48)39-46-26-33(47-39)29-11-13-30(14-12-29)49(52)53)24-23-43(7)32(38(31)45)15-16-36-42(6)20-19-37(54-28(3)50)41(4,5)35(42)18-21-44(36,43)8/h11-14,26,31-32,34-38H,1,9-10,15-25H2,2-8H3,(H,46,47)/t31-,32+,34?,35-,36+,37-,38+,42-,43+,44+,45-/m0/s1. The Morgan fingerprint density at radius 3 is 2.33 bits per heavy atom. The molecule has 1 aromatic carbocycles. The Morgan fingerprint density at radius 2 is 1.65 bits per heavy atom. The summed E-state index contributed by atoms with van der Waals surface area (Å²) in [6.45, 7) is 21.7. The van der Waals surface area contributed by atoms with Crippen LogP contribution < -0.4 is 0 Å². The summed E-state index contributed by atoms with van der Waals surface area (Å²) in [7, 11) is 0. The van der Waals surface area contributed by atoms with Crippen molar-refractivity contribution < 1.29 is 19.2 Å². The summed E-state index contributed by atoms with van der Waals surface area (Å²) in [5.41, 5.74) is 2.98. The average Bonchev–Trinajstić information content (AvgIpc) is 3.89. The fourth-order valence-corrected chi connectivity index (χ4v) is 14.9. The van der Waals surface area contributed by atoms with Gasteiger partial charge in [-0.2, -0.15) is 0 Å². The first kappa shape index (κ1) is 37.4. The van der Waals surface area contributed by atoms with Crippen molar-refractivity contribution in [1.29, 1.82) is 0 Å². The molecule has 6 fully saturated rings. The van der Waals surface area contributed by atoms with Crippen molar-refractivity contribution in [3.05, 3.63) is 58.6 Å². The number of carbonyl (C=O) groups excluding carboxylic acids is 2. The topological polar surface area (TPSA) is 118 Å². The Balaban J connectivity index is 1.09. The molecule has 292 valence electrons. The third-order valence-electron chi connectivity index (χ3n) is 17.6. The third-order valence-corrected chi connectivity index (χ3v) is 17.6. The maximum absolute atomic E-state index is 15.4. The van der Waals surface area contributed by atoms with Gasteiger partial charge in [-0.15, -0.1) is 0 Å². The lowest BCUT2D eigenvalue weighted by Crippen LogP contribution is -2.67. The SMILES string of the molecule is C=C(C)[C@@H]1CC[C@]2(C(=O)N3CCCC3c3ncc(-c4ccc([N+](=O)[O-])cc4)[nH]3)CC[C@]3(C)[C@H](CC[C@@H]4[C@@]5(C)CC[C@H](OC(C)=O)C(C)(C)[C@@H]5CC[C@]43C)[C@@H]12. The smallest absolute Gasteiger partial charge is 0.302 e. The van der Waals surface area contributed by atoms with Crippen LogP contribution in [0.15, 0.2) is 42.6 Å². The van der Waals surface area contributed by atoms with Gasteiger partial charge in [0.1, 0.15) is 11.9 Å². The first-order valence-corrected chi connectivity index (χ1v) is 20.9. The van der Waals surface area contributed by atoms with E-state index in [-0.39, 0.29) is 56.3 Å². The van der Waals surface area contributed by atoms with Crippen LogP contribution >= 0.6 is 0 Å². The van der Waals surface area contributed by atoms with Crippen LogP contribution in [-0.4, -0.2) is 44.3 Å². The number of amides is 1. The van der Waals surface area contributed by atoms with Gasteiger partial charge in [-0.3, -0.25) is 19.7 Å². The monoisotopic (exact) mass is 738 g/mol. The highest BCUT2D eigenvalue weighted by molar-refractivity contribution is 5.84. The molecular weight excluding hydrogens is 677 g/mol. The maximum Gasteiger partial charge on any atom is 0.302 e. The molecule has 5 aliphatic carbocycles. The number of nitro groups is 1.